The van der Waals surface area contributed by atoms with Crippen LogP contribution in [0.15, 0.2) is 40.1 Å². The number of aromatic nitrogens is 3. The summed E-state index contributed by atoms with van der Waals surface area (Å²) in [6.45, 7) is 3.80. The first-order chi connectivity index (χ1) is 15.5. The summed E-state index contributed by atoms with van der Waals surface area (Å²) < 4.78 is 16.1. The third kappa shape index (κ3) is 4.21. The smallest absolute Gasteiger partial charge is 0.348 e. The Kier molecular flexibility index (Phi) is 6.47. The molecule has 0 saturated carbocycles. The Bertz CT molecular complexity index is 1280. The number of nitrogen functional groups attached to an aromatic ring is 1. The minimum atomic E-state index is -0.586. The number of aromatic amines is 1. The van der Waals surface area contributed by atoms with Crippen molar-refractivity contribution < 1.29 is 23.5 Å². The number of anilines is 1. The minimum absolute atomic E-state index is 0.170. The van der Waals surface area contributed by atoms with Crippen molar-refractivity contribution in [2.45, 2.75) is 24.8 Å². The summed E-state index contributed by atoms with van der Waals surface area (Å²) in [5.41, 5.74) is 8.40. The second-order valence-electron chi connectivity index (χ2n) is 6.50. The van der Waals surface area contributed by atoms with Gasteiger partial charge in [-0.15, -0.1) is 21.5 Å². The van der Waals surface area contributed by atoms with Crippen LogP contribution in [0.4, 0.5) is 5.00 Å². The number of H-pyrrole nitrogens is 1. The first-order valence-electron chi connectivity index (χ1n) is 9.81. The summed E-state index contributed by atoms with van der Waals surface area (Å²) in [5.74, 6) is -0.560. The molecule has 0 atom stereocenters. The highest BCUT2D eigenvalue weighted by molar-refractivity contribution is 7.98. The number of carbonyl (C=O) groups excluding carboxylic acids is 2. The van der Waals surface area contributed by atoms with E-state index < -0.39 is 11.9 Å². The third-order valence-electron chi connectivity index (χ3n) is 4.54. The van der Waals surface area contributed by atoms with Gasteiger partial charge in [-0.3, -0.25) is 0 Å². The maximum absolute atomic E-state index is 12.5. The Morgan fingerprint density at radius 1 is 1.16 bits per heavy atom. The standard InChI is InChI=1S/C21H20N4O5S2/c1-3-28-19(26)15-13(16(32-17(15)22)20(27)29-4-2)10-31-21-25-24-18(30-21)12-9-23-14-8-6-5-7-11(12)14/h5-9,23H,3-4,10,22H2,1-2H3. The Labute approximate surface area is 191 Å². The molecule has 0 aliphatic carbocycles. The van der Waals surface area contributed by atoms with E-state index in [0.717, 1.165) is 27.8 Å². The predicted molar refractivity (Wildman–Crippen MR) is 122 cm³/mol. The highest BCUT2D eigenvalue weighted by Crippen LogP contribution is 2.37. The fourth-order valence-corrected chi connectivity index (χ4v) is 5.02. The lowest BCUT2D eigenvalue weighted by molar-refractivity contribution is 0.0527. The largest absolute Gasteiger partial charge is 0.462 e. The van der Waals surface area contributed by atoms with Crippen molar-refractivity contribution >= 4 is 50.9 Å². The average Bonchev–Trinajstić information content (AvgIpc) is 3.49. The molecule has 0 amide bonds. The Hall–Kier alpha value is -3.31. The number of nitrogens with one attached hydrogen (secondary N) is 1. The number of rotatable bonds is 8. The number of benzene rings is 1. The highest BCUT2D eigenvalue weighted by Gasteiger charge is 2.28. The molecular formula is C21H20N4O5S2. The number of nitrogens with zero attached hydrogens (tertiary/aromatic N) is 2. The molecule has 1 aromatic carbocycles. The number of esters is 2. The number of carbonyl (C=O) groups is 2. The van der Waals surface area contributed by atoms with Crippen LogP contribution in [0, 0.1) is 0 Å². The molecule has 4 rings (SSSR count). The number of nitrogens with two attached hydrogens (primary N) is 1. The molecule has 0 saturated heterocycles. The second kappa shape index (κ2) is 9.45. The number of hydrogen-bond acceptors (Lipinski definition) is 10. The van der Waals surface area contributed by atoms with E-state index >= 15 is 0 Å². The summed E-state index contributed by atoms with van der Waals surface area (Å²) >= 11 is 2.20. The van der Waals surface area contributed by atoms with Gasteiger partial charge in [-0.1, -0.05) is 30.0 Å². The Morgan fingerprint density at radius 3 is 2.69 bits per heavy atom. The molecule has 32 heavy (non-hydrogen) atoms. The second-order valence-corrected chi connectivity index (χ2v) is 8.48. The van der Waals surface area contributed by atoms with E-state index in [1.54, 1.807) is 13.8 Å². The lowest BCUT2D eigenvalue weighted by atomic mass is 10.1. The molecule has 0 unspecified atom stereocenters. The lowest BCUT2D eigenvalue weighted by Gasteiger charge is -2.06. The zero-order valence-electron chi connectivity index (χ0n) is 17.3. The Balaban J connectivity index is 1.61. The van der Waals surface area contributed by atoms with Crippen LogP contribution in [0.5, 0.6) is 0 Å². The molecule has 0 aliphatic heterocycles. The highest BCUT2D eigenvalue weighted by atomic mass is 32.2. The van der Waals surface area contributed by atoms with Crippen molar-refractivity contribution in [3.8, 4) is 11.5 Å². The van der Waals surface area contributed by atoms with E-state index in [0.29, 0.717) is 16.7 Å². The predicted octanol–water partition coefficient (Wildman–Crippen LogP) is 4.51. The van der Waals surface area contributed by atoms with Crippen LogP contribution < -0.4 is 5.73 Å². The summed E-state index contributed by atoms with van der Waals surface area (Å²) in [6.07, 6.45) is 1.81. The number of ether oxygens (including phenoxy) is 2. The van der Waals surface area contributed by atoms with E-state index in [9.17, 15) is 9.59 Å². The molecule has 3 aromatic heterocycles. The summed E-state index contributed by atoms with van der Waals surface area (Å²) in [4.78, 5) is 28.3. The monoisotopic (exact) mass is 472 g/mol. The molecule has 11 heteroatoms. The van der Waals surface area contributed by atoms with Crippen molar-refractivity contribution in [2.75, 3.05) is 18.9 Å². The van der Waals surface area contributed by atoms with Crippen molar-refractivity contribution in [3.05, 3.63) is 46.5 Å². The number of para-hydroxylation sites is 1. The van der Waals surface area contributed by atoms with E-state index in [-0.39, 0.29) is 34.4 Å². The minimum Gasteiger partial charge on any atom is -0.462 e. The molecule has 3 N–H and O–H groups in total. The fourth-order valence-electron chi connectivity index (χ4n) is 3.17. The van der Waals surface area contributed by atoms with Crippen LogP contribution in [-0.2, 0) is 15.2 Å². The van der Waals surface area contributed by atoms with Gasteiger partial charge in [0, 0.05) is 28.4 Å². The topological polar surface area (TPSA) is 133 Å². The molecule has 0 fully saturated rings. The molecular weight excluding hydrogens is 452 g/mol. The van der Waals surface area contributed by atoms with E-state index in [1.165, 1.54) is 11.8 Å². The number of thiophene rings is 1. The van der Waals surface area contributed by atoms with Crippen molar-refractivity contribution in [2.24, 2.45) is 0 Å². The first kappa shape index (κ1) is 21.9. The summed E-state index contributed by atoms with van der Waals surface area (Å²) in [5, 5.41) is 9.69. The van der Waals surface area contributed by atoms with Gasteiger partial charge in [0.05, 0.1) is 24.3 Å². The van der Waals surface area contributed by atoms with Crippen LogP contribution in [0.1, 0.15) is 39.4 Å². The van der Waals surface area contributed by atoms with E-state index in [4.69, 9.17) is 19.6 Å². The maximum Gasteiger partial charge on any atom is 0.348 e. The average molecular weight is 473 g/mol. The van der Waals surface area contributed by atoms with Crippen LogP contribution in [0.25, 0.3) is 22.4 Å². The van der Waals surface area contributed by atoms with Gasteiger partial charge >= 0.3 is 11.9 Å². The van der Waals surface area contributed by atoms with Gasteiger partial charge in [0.25, 0.3) is 11.1 Å². The van der Waals surface area contributed by atoms with Gasteiger partial charge < -0.3 is 24.6 Å². The zero-order chi connectivity index (χ0) is 22.7. The molecule has 0 bridgehead atoms. The van der Waals surface area contributed by atoms with Gasteiger partial charge in [0.15, 0.2) is 0 Å². The molecule has 4 aromatic rings. The van der Waals surface area contributed by atoms with Crippen molar-refractivity contribution in [3.63, 3.8) is 0 Å². The first-order valence-corrected chi connectivity index (χ1v) is 11.6. The van der Waals surface area contributed by atoms with Crippen LogP contribution in [-0.4, -0.2) is 40.3 Å². The van der Waals surface area contributed by atoms with Gasteiger partial charge in [0.1, 0.15) is 9.88 Å². The lowest BCUT2D eigenvalue weighted by Crippen LogP contribution is -2.11. The van der Waals surface area contributed by atoms with Crippen LogP contribution in [0.3, 0.4) is 0 Å². The molecule has 0 aliphatic rings. The van der Waals surface area contributed by atoms with Gasteiger partial charge in [0.2, 0.25) is 0 Å². The zero-order valence-corrected chi connectivity index (χ0v) is 19.0. The fraction of sp³-hybridized carbons (Fsp3) is 0.238. The Morgan fingerprint density at radius 2 is 1.91 bits per heavy atom. The summed E-state index contributed by atoms with van der Waals surface area (Å²) in [6, 6.07) is 7.79. The number of fused-ring (bicyclic) bond motifs is 1. The third-order valence-corrected chi connectivity index (χ3v) is 6.43. The number of hydrogen-bond donors (Lipinski definition) is 2. The van der Waals surface area contributed by atoms with Gasteiger partial charge in [-0.25, -0.2) is 9.59 Å². The van der Waals surface area contributed by atoms with Gasteiger partial charge in [-0.05, 0) is 19.9 Å². The van der Waals surface area contributed by atoms with E-state index in [2.05, 4.69) is 15.2 Å². The van der Waals surface area contributed by atoms with Crippen molar-refractivity contribution in [1.29, 1.82) is 0 Å². The molecule has 0 spiro atoms. The SMILES string of the molecule is CCOC(=O)c1sc(N)c(C(=O)OCC)c1CSc1nnc(-c2c[nH]c3ccccc23)o1. The van der Waals surface area contributed by atoms with Gasteiger partial charge in [-0.2, -0.15) is 0 Å². The molecule has 3 heterocycles. The molecule has 166 valence electrons. The van der Waals surface area contributed by atoms with Crippen LogP contribution >= 0.6 is 23.1 Å². The molecule has 9 nitrogen and oxygen atoms in total. The quantitative estimate of drug-likeness (QED) is 0.281. The number of thioether (sulfide) groups is 1. The van der Waals surface area contributed by atoms with Crippen molar-refractivity contribution in [1.82, 2.24) is 15.2 Å². The van der Waals surface area contributed by atoms with E-state index in [1.807, 2.05) is 30.5 Å². The molecule has 0 radical (unpaired) electrons. The summed E-state index contributed by atoms with van der Waals surface area (Å²) in [7, 11) is 0. The maximum atomic E-state index is 12.5. The van der Waals surface area contributed by atoms with Crippen LogP contribution in [0.2, 0.25) is 0 Å². The normalized spacial score (nSPS) is 11.1.